The molecule has 0 amide bonds. The Morgan fingerprint density at radius 2 is 2.22 bits per heavy atom. The zero-order valence-corrected chi connectivity index (χ0v) is 6.78. The van der Waals surface area contributed by atoms with Gasteiger partial charge in [0.15, 0.2) is 0 Å². The van der Waals surface area contributed by atoms with Gasteiger partial charge in [0.25, 0.3) is 0 Å². The standard InChI is InChI=1S/C7H13OS/c1-4-5-6(2)7(3)9-8/h4,6-7H,1,5H2,2-3H3/t6-,7+/m0/s1. The van der Waals surface area contributed by atoms with Crippen LogP contribution in [0.2, 0.25) is 0 Å². The predicted octanol–water partition coefficient (Wildman–Crippen LogP) is 1.80. The zero-order valence-electron chi connectivity index (χ0n) is 5.96. The summed E-state index contributed by atoms with van der Waals surface area (Å²) < 4.78 is 10.2. The first-order chi connectivity index (χ1) is 4.22. The lowest BCUT2D eigenvalue weighted by atomic mass is 10.1. The molecule has 0 rings (SSSR count). The second-order valence-corrected chi connectivity index (χ2v) is 3.24. The molecule has 0 aromatic carbocycles. The van der Waals surface area contributed by atoms with E-state index in [1.807, 2.05) is 13.0 Å². The van der Waals surface area contributed by atoms with Gasteiger partial charge in [-0.05, 0) is 19.3 Å². The zero-order chi connectivity index (χ0) is 7.28. The Balaban J connectivity index is 3.56. The van der Waals surface area contributed by atoms with Crippen LogP contribution in [0.4, 0.5) is 0 Å². The SMILES string of the molecule is C=CC[C@H](C)[C@@H](C)[S]=O. The summed E-state index contributed by atoms with van der Waals surface area (Å²) in [5, 5.41) is 0.211. The fourth-order valence-electron chi connectivity index (χ4n) is 0.549. The lowest BCUT2D eigenvalue weighted by Gasteiger charge is -2.08. The van der Waals surface area contributed by atoms with Crippen molar-refractivity contribution in [1.82, 2.24) is 0 Å². The van der Waals surface area contributed by atoms with E-state index in [9.17, 15) is 4.21 Å². The molecule has 9 heavy (non-hydrogen) atoms. The number of rotatable bonds is 4. The van der Waals surface area contributed by atoms with Gasteiger partial charge in [0.2, 0.25) is 0 Å². The van der Waals surface area contributed by atoms with Crippen LogP contribution < -0.4 is 0 Å². The van der Waals surface area contributed by atoms with E-state index in [1.54, 1.807) is 0 Å². The first-order valence-corrected chi connectivity index (χ1v) is 3.92. The van der Waals surface area contributed by atoms with E-state index in [0.29, 0.717) is 17.6 Å². The lowest BCUT2D eigenvalue weighted by Crippen LogP contribution is -2.11. The third-order valence-corrected chi connectivity index (χ3v) is 2.26. The van der Waals surface area contributed by atoms with E-state index in [-0.39, 0.29) is 5.25 Å². The van der Waals surface area contributed by atoms with Crippen LogP contribution in [0, 0.1) is 5.92 Å². The fraction of sp³-hybridized carbons (Fsp3) is 0.714. The third-order valence-electron chi connectivity index (χ3n) is 1.49. The molecule has 1 nitrogen and oxygen atoms in total. The van der Waals surface area contributed by atoms with E-state index in [4.69, 9.17) is 0 Å². The monoisotopic (exact) mass is 145 g/mol. The van der Waals surface area contributed by atoms with E-state index in [0.717, 1.165) is 6.42 Å². The molecule has 0 spiro atoms. The van der Waals surface area contributed by atoms with Gasteiger partial charge >= 0.3 is 0 Å². The van der Waals surface area contributed by atoms with E-state index in [2.05, 4.69) is 13.5 Å². The summed E-state index contributed by atoms with van der Waals surface area (Å²) in [5.74, 6) is 0.463. The van der Waals surface area contributed by atoms with Gasteiger partial charge in [-0.3, -0.25) is 0 Å². The van der Waals surface area contributed by atoms with Crippen LogP contribution in [0.15, 0.2) is 12.7 Å². The molecule has 0 fully saturated rings. The summed E-state index contributed by atoms with van der Waals surface area (Å²) >= 11 is 0.675. The maximum absolute atomic E-state index is 10.2. The molecule has 0 heterocycles. The molecule has 53 valence electrons. The number of hydrogen-bond acceptors (Lipinski definition) is 1. The normalized spacial score (nSPS) is 16.2. The molecule has 2 heteroatoms. The highest BCUT2D eigenvalue weighted by Gasteiger charge is 2.08. The van der Waals surface area contributed by atoms with Crippen LogP contribution in [-0.2, 0) is 11.7 Å². The first-order valence-electron chi connectivity index (χ1n) is 3.12. The van der Waals surface area contributed by atoms with Crippen molar-refractivity contribution in [2.75, 3.05) is 0 Å². The van der Waals surface area contributed by atoms with Crippen LogP contribution in [0.1, 0.15) is 20.3 Å². The Morgan fingerprint density at radius 1 is 1.67 bits per heavy atom. The van der Waals surface area contributed by atoms with Gasteiger partial charge in [-0.2, -0.15) is 0 Å². The quantitative estimate of drug-likeness (QED) is 0.551. The summed E-state index contributed by atoms with van der Waals surface area (Å²) in [4.78, 5) is 0. The Hall–Kier alpha value is -0.240. The minimum Gasteiger partial charge on any atom is -0.217 e. The number of hydrogen-bond donors (Lipinski definition) is 0. The van der Waals surface area contributed by atoms with Crippen LogP contribution in [0.5, 0.6) is 0 Å². The van der Waals surface area contributed by atoms with Crippen molar-refractivity contribution in [1.29, 1.82) is 0 Å². The summed E-state index contributed by atoms with van der Waals surface area (Å²) in [5.41, 5.74) is 0. The summed E-state index contributed by atoms with van der Waals surface area (Å²) in [7, 11) is 0. The van der Waals surface area contributed by atoms with Gasteiger partial charge in [-0.1, -0.05) is 13.0 Å². The summed E-state index contributed by atoms with van der Waals surface area (Å²) in [6.45, 7) is 7.62. The molecule has 0 saturated heterocycles. The van der Waals surface area contributed by atoms with E-state index >= 15 is 0 Å². The molecule has 0 bridgehead atoms. The maximum Gasteiger partial charge on any atom is 0.0621 e. The molecule has 0 aromatic heterocycles. The molecule has 0 aromatic rings. The summed E-state index contributed by atoms with van der Waals surface area (Å²) in [6.07, 6.45) is 2.80. The third kappa shape index (κ3) is 3.36. The molecule has 2 atom stereocenters. The van der Waals surface area contributed by atoms with Crippen molar-refractivity contribution in [2.45, 2.75) is 25.5 Å². The molecule has 0 aliphatic carbocycles. The molecule has 0 N–H and O–H groups in total. The van der Waals surface area contributed by atoms with Gasteiger partial charge in [0, 0.05) is 0 Å². The Labute approximate surface area is 60.6 Å². The van der Waals surface area contributed by atoms with Gasteiger partial charge < -0.3 is 0 Å². The highest BCUT2D eigenvalue weighted by Crippen LogP contribution is 2.08. The first kappa shape index (κ1) is 8.76. The number of allylic oxidation sites excluding steroid dienone is 1. The highest BCUT2D eigenvalue weighted by atomic mass is 32.1. The summed E-state index contributed by atoms with van der Waals surface area (Å²) in [6, 6.07) is 0. The smallest absolute Gasteiger partial charge is 0.0621 e. The van der Waals surface area contributed by atoms with Crippen LogP contribution in [0.25, 0.3) is 0 Å². The highest BCUT2D eigenvalue weighted by molar-refractivity contribution is 7.66. The van der Waals surface area contributed by atoms with Crippen molar-refractivity contribution in [3.8, 4) is 0 Å². The average molecular weight is 145 g/mol. The minimum atomic E-state index is 0.211. The maximum atomic E-state index is 10.2. The van der Waals surface area contributed by atoms with E-state index in [1.165, 1.54) is 0 Å². The fourth-order valence-corrected chi connectivity index (χ4v) is 0.850. The largest absolute Gasteiger partial charge is 0.217 e. The Morgan fingerprint density at radius 3 is 2.56 bits per heavy atom. The molecule has 1 radical (unpaired) electrons. The second-order valence-electron chi connectivity index (χ2n) is 2.30. The van der Waals surface area contributed by atoms with E-state index < -0.39 is 0 Å². The van der Waals surface area contributed by atoms with Crippen LogP contribution in [0.3, 0.4) is 0 Å². The van der Waals surface area contributed by atoms with Crippen molar-refractivity contribution >= 4 is 11.7 Å². The molecular formula is C7H13OS. The van der Waals surface area contributed by atoms with Crippen LogP contribution >= 0.6 is 0 Å². The molecule has 0 saturated carbocycles. The Kier molecular flexibility index (Phi) is 4.50. The second kappa shape index (κ2) is 4.62. The van der Waals surface area contributed by atoms with Gasteiger partial charge in [-0.25, -0.2) is 4.21 Å². The van der Waals surface area contributed by atoms with Gasteiger partial charge in [0.1, 0.15) is 0 Å². The van der Waals surface area contributed by atoms with Crippen LogP contribution in [-0.4, -0.2) is 9.46 Å². The van der Waals surface area contributed by atoms with Crippen molar-refractivity contribution < 1.29 is 4.21 Å². The van der Waals surface area contributed by atoms with Gasteiger partial charge in [0.05, 0.1) is 16.9 Å². The topological polar surface area (TPSA) is 17.1 Å². The molecule has 0 aliphatic rings. The van der Waals surface area contributed by atoms with Crippen molar-refractivity contribution in [3.05, 3.63) is 12.7 Å². The average Bonchev–Trinajstić information content (AvgIpc) is 1.87. The predicted molar refractivity (Wildman–Crippen MR) is 41.6 cm³/mol. The lowest BCUT2D eigenvalue weighted by molar-refractivity contribution is 0.572. The van der Waals surface area contributed by atoms with Gasteiger partial charge in [-0.15, -0.1) is 6.58 Å². The minimum absolute atomic E-state index is 0.211. The Bertz CT molecular complexity index is 101. The molecule has 0 aliphatic heterocycles. The van der Waals surface area contributed by atoms with Crippen molar-refractivity contribution in [2.24, 2.45) is 5.92 Å². The molecule has 0 unspecified atom stereocenters. The molecular weight excluding hydrogens is 132 g/mol. The van der Waals surface area contributed by atoms with Crippen molar-refractivity contribution in [3.63, 3.8) is 0 Å².